The molecule has 0 saturated carbocycles. The van der Waals surface area contributed by atoms with Crippen LogP contribution in [0, 0.1) is 6.92 Å². The molecule has 1 heterocycles. The summed E-state index contributed by atoms with van der Waals surface area (Å²) in [5.41, 5.74) is 1.60. The van der Waals surface area contributed by atoms with E-state index >= 15 is 0 Å². The van der Waals surface area contributed by atoms with Gasteiger partial charge in [-0.1, -0.05) is 6.07 Å². The lowest BCUT2D eigenvalue weighted by molar-refractivity contribution is 0.0726. The standard InChI is InChI=1S/C13H17BrN2O3S/c1-9-4-5-11(12(14)7-9)13(17)16-6-2-3-10(8-16)20(15,18)19/h4-5,7,10H,2-3,6,8H2,1H3,(H2,15,18,19). The Morgan fingerprint density at radius 2 is 2.15 bits per heavy atom. The smallest absolute Gasteiger partial charge is 0.255 e. The first kappa shape index (κ1) is 15.5. The van der Waals surface area contributed by atoms with Crippen molar-refractivity contribution < 1.29 is 13.2 Å². The van der Waals surface area contributed by atoms with Gasteiger partial charge in [0.25, 0.3) is 5.91 Å². The van der Waals surface area contributed by atoms with Crippen LogP contribution in [0.15, 0.2) is 22.7 Å². The molecule has 1 amide bonds. The molecule has 5 nitrogen and oxygen atoms in total. The lowest BCUT2D eigenvalue weighted by Crippen LogP contribution is -2.47. The zero-order valence-electron chi connectivity index (χ0n) is 11.2. The summed E-state index contributed by atoms with van der Waals surface area (Å²) in [5.74, 6) is -0.162. The molecule has 1 unspecified atom stereocenters. The Bertz CT molecular complexity index is 631. The summed E-state index contributed by atoms with van der Waals surface area (Å²) >= 11 is 3.38. The van der Waals surface area contributed by atoms with Crippen molar-refractivity contribution >= 4 is 31.9 Å². The number of amides is 1. The van der Waals surface area contributed by atoms with Crippen molar-refractivity contribution in [3.05, 3.63) is 33.8 Å². The molecule has 1 aromatic rings. The largest absolute Gasteiger partial charge is 0.337 e. The summed E-state index contributed by atoms with van der Waals surface area (Å²) in [6.07, 6.45) is 1.16. The molecule has 20 heavy (non-hydrogen) atoms. The van der Waals surface area contributed by atoms with Crippen molar-refractivity contribution in [2.24, 2.45) is 5.14 Å². The second-order valence-electron chi connectivity index (χ2n) is 5.09. The zero-order valence-corrected chi connectivity index (χ0v) is 13.6. The predicted octanol–water partition coefficient (Wildman–Crippen LogP) is 1.65. The van der Waals surface area contributed by atoms with Crippen LogP contribution in [0.1, 0.15) is 28.8 Å². The normalized spacial score (nSPS) is 19.9. The molecule has 1 fully saturated rings. The van der Waals surface area contributed by atoms with Gasteiger partial charge >= 0.3 is 0 Å². The number of piperidine rings is 1. The number of rotatable bonds is 2. The van der Waals surface area contributed by atoms with E-state index in [1.807, 2.05) is 19.1 Å². The highest BCUT2D eigenvalue weighted by atomic mass is 79.9. The van der Waals surface area contributed by atoms with Crippen LogP contribution in [-0.4, -0.2) is 37.6 Å². The maximum absolute atomic E-state index is 12.5. The van der Waals surface area contributed by atoms with Gasteiger partial charge in [0.1, 0.15) is 0 Å². The molecule has 2 N–H and O–H groups in total. The van der Waals surface area contributed by atoms with Crippen LogP contribution < -0.4 is 5.14 Å². The predicted molar refractivity (Wildman–Crippen MR) is 80.9 cm³/mol. The fourth-order valence-electron chi connectivity index (χ4n) is 2.35. The maximum Gasteiger partial charge on any atom is 0.255 e. The molecule has 1 aliphatic rings. The highest BCUT2D eigenvalue weighted by Gasteiger charge is 2.31. The number of benzene rings is 1. The Morgan fingerprint density at radius 1 is 1.45 bits per heavy atom. The van der Waals surface area contributed by atoms with Gasteiger partial charge in [0.05, 0.1) is 10.8 Å². The van der Waals surface area contributed by atoms with Crippen LogP contribution in [0.4, 0.5) is 0 Å². The van der Waals surface area contributed by atoms with E-state index in [4.69, 9.17) is 5.14 Å². The summed E-state index contributed by atoms with van der Waals surface area (Å²) in [7, 11) is -3.60. The first-order valence-electron chi connectivity index (χ1n) is 6.36. The third-order valence-electron chi connectivity index (χ3n) is 3.48. The second-order valence-corrected chi connectivity index (χ2v) is 7.79. The highest BCUT2D eigenvalue weighted by molar-refractivity contribution is 9.10. The van der Waals surface area contributed by atoms with Gasteiger partial charge in [0, 0.05) is 17.6 Å². The number of carbonyl (C=O) groups excluding carboxylic acids is 1. The van der Waals surface area contributed by atoms with Crippen LogP contribution >= 0.6 is 15.9 Å². The van der Waals surface area contributed by atoms with Crippen LogP contribution in [0.5, 0.6) is 0 Å². The second kappa shape index (κ2) is 5.83. The Balaban J connectivity index is 2.21. The molecule has 7 heteroatoms. The van der Waals surface area contributed by atoms with Gasteiger partial charge in [0.2, 0.25) is 10.0 Å². The Morgan fingerprint density at radius 3 is 2.75 bits per heavy atom. The number of halogens is 1. The van der Waals surface area contributed by atoms with Crippen molar-refractivity contribution in [3.63, 3.8) is 0 Å². The molecule has 1 aromatic carbocycles. The van der Waals surface area contributed by atoms with Crippen molar-refractivity contribution in [2.45, 2.75) is 25.0 Å². The minimum Gasteiger partial charge on any atom is -0.337 e. The van der Waals surface area contributed by atoms with Gasteiger partial charge in [-0.05, 0) is 53.4 Å². The van der Waals surface area contributed by atoms with Gasteiger partial charge < -0.3 is 4.90 Å². The number of primary sulfonamides is 1. The summed E-state index contributed by atoms with van der Waals surface area (Å²) in [6, 6.07) is 5.48. The number of sulfonamides is 1. The van der Waals surface area contributed by atoms with Crippen LogP contribution in [0.3, 0.4) is 0 Å². The van der Waals surface area contributed by atoms with Crippen molar-refractivity contribution in [1.29, 1.82) is 0 Å². The van der Waals surface area contributed by atoms with Gasteiger partial charge in [-0.15, -0.1) is 0 Å². The molecule has 0 aliphatic carbocycles. The zero-order chi connectivity index (χ0) is 14.9. The van der Waals surface area contributed by atoms with E-state index in [1.165, 1.54) is 0 Å². The molecule has 0 radical (unpaired) electrons. The molecule has 0 aromatic heterocycles. The monoisotopic (exact) mass is 360 g/mol. The lowest BCUT2D eigenvalue weighted by atomic mass is 10.1. The summed E-state index contributed by atoms with van der Waals surface area (Å²) < 4.78 is 23.6. The van der Waals surface area contributed by atoms with Gasteiger partial charge in [-0.3, -0.25) is 4.79 Å². The third kappa shape index (κ3) is 3.39. The van der Waals surface area contributed by atoms with Crippen molar-refractivity contribution in [3.8, 4) is 0 Å². The van der Waals surface area contributed by atoms with E-state index in [0.29, 0.717) is 24.9 Å². The maximum atomic E-state index is 12.5. The third-order valence-corrected chi connectivity index (χ3v) is 5.46. The molecule has 1 saturated heterocycles. The first-order chi connectivity index (χ1) is 9.29. The van der Waals surface area contributed by atoms with Crippen LogP contribution in [0.25, 0.3) is 0 Å². The highest BCUT2D eigenvalue weighted by Crippen LogP contribution is 2.23. The Hall–Kier alpha value is -0.920. The first-order valence-corrected chi connectivity index (χ1v) is 8.76. The van der Waals surface area contributed by atoms with E-state index in [2.05, 4.69) is 15.9 Å². The molecular formula is C13H17BrN2O3S. The average molecular weight is 361 g/mol. The van der Waals surface area contributed by atoms with Gasteiger partial charge in [0.15, 0.2) is 0 Å². The molecule has 0 bridgehead atoms. The topological polar surface area (TPSA) is 80.5 Å². The number of hydrogen-bond acceptors (Lipinski definition) is 3. The van der Waals surface area contributed by atoms with E-state index < -0.39 is 15.3 Å². The van der Waals surface area contributed by atoms with E-state index in [1.54, 1.807) is 11.0 Å². The van der Waals surface area contributed by atoms with Crippen molar-refractivity contribution in [1.82, 2.24) is 4.90 Å². The SMILES string of the molecule is Cc1ccc(C(=O)N2CCCC(S(N)(=O)=O)C2)c(Br)c1. The van der Waals surface area contributed by atoms with Crippen LogP contribution in [-0.2, 0) is 10.0 Å². The number of nitrogens with two attached hydrogens (primary N) is 1. The number of hydrogen-bond donors (Lipinski definition) is 1. The van der Waals surface area contributed by atoms with Crippen LogP contribution in [0.2, 0.25) is 0 Å². The quantitative estimate of drug-likeness (QED) is 0.870. The fraction of sp³-hybridized carbons (Fsp3) is 0.462. The Labute approximate surface area is 127 Å². The van der Waals surface area contributed by atoms with Crippen molar-refractivity contribution in [2.75, 3.05) is 13.1 Å². The van der Waals surface area contributed by atoms with Gasteiger partial charge in [-0.25, -0.2) is 13.6 Å². The van der Waals surface area contributed by atoms with E-state index in [-0.39, 0.29) is 12.5 Å². The Kier molecular flexibility index (Phi) is 4.51. The minimum atomic E-state index is -3.60. The molecule has 1 atom stereocenters. The average Bonchev–Trinajstić information content (AvgIpc) is 2.37. The lowest BCUT2D eigenvalue weighted by Gasteiger charge is -2.31. The molecular weight excluding hydrogens is 344 g/mol. The van der Waals surface area contributed by atoms with E-state index in [9.17, 15) is 13.2 Å². The molecule has 110 valence electrons. The molecule has 0 spiro atoms. The summed E-state index contributed by atoms with van der Waals surface area (Å²) in [6.45, 7) is 2.67. The molecule has 2 rings (SSSR count). The number of likely N-dealkylation sites (tertiary alicyclic amines) is 1. The number of aryl methyl sites for hydroxylation is 1. The number of nitrogens with zero attached hydrogens (tertiary/aromatic N) is 1. The fourth-order valence-corrected chi connectivity index (χ4v) is 3.90. The minimum absolute atomic E-state index is 0.162. The summed E-state index contributed by atoms with van der Waals surface area (Å²) in [4.78, 5) is 14.0. The molecule has 1 aliphatic heterocycles. The van der Waals surface area contributed by atoms with E-state index in [0.717, 1.165) is 10.0 Å². The summed E-state index contributed by atoms with van der Waals surface area (Å²) in [5, 5.41) is 4.52. The number of carbonyl (C=O) groups is 1. The van der Waals surface area contributed by atoms with Gasteiger partial charge in [-0.2, -0.15) is 0 Å².